The standard InChI is InChI=1S/C12H17NO2/c1-8(2)5-9-3-4-11-10(6-9)7-15-12(14)13-11/h6,8H,3-5,7H2,1-2H3,(H,13,14). The van der Waals surface area contributed by atoms with Gasteiger partial charge in [0, 0.05) is 11.3 Å². The molecule has 15 heavy (non-hydrogen) atoms. The van der Waals surface area contributed by atoms with Crippen molar-refractivity contribution in [3.63, 3.8) is 0 Å². The summed E-state index contributed by atoms with van der Waals surface area (Å²) in [6.07, 6.45) is 5.04. The minimum absolute atomic E-state index is 0.311. The number of allylic oxidation sites excluding steroid dienone is 2. The second kappa shape index (κ2) is 4.09. The van der Waals surface area contributed by atoms with E-state index in [0.29, 0.717) is 12.5 Å². The van der Waals surface area contributed by atoms with E-state index in [-0.39, 0.29) is 6.09 Å². The average Bonchev–Trinajstić information content (AvgIpc) is 2.17. The summed E-state index contributed by atoms with van der Waals surface area (Å²) in [5, 5.41) is 2.77. The Hall–Kier alpha value is -1.25. The van der Waals surface area contributed by atoms with Crippen molar-refractivity contribution in [1.82, 2.24) is 5.32 Å². The Morgan fingerprint density at radius 2 is 2.27 bits per heavy atom. The molecule has 1 aliphatic carbocycles. The number of nitrogens with one attached hydrogen (secondary N) is 1. The van der Waals surface area contributed by atoms with Crippen LogP contribution in [0.3, 0.4) is 0 Å². The van der Waals surface area contributed by atoms with Crippen molar-refractivity contribution < 1.29 is 9.53 Å². The lowest BCUT2D eigenvalue weighted by Gasteiger charge is -2.25. The van der Waals surface area contributed by atoms with Gasteiger partial charge in [0.2, 0.25) is 0 Å². The van der Waals surface area contributed by atoms with Gasteiger partial charge in [-0.2, -0.15) is 0 Å². The summed E-state index contributed by atoms with van der Waals surface area (Å²) in [6, 6.07) is 0. The van der Waals surface area contributed by atoms with E-state index < -0.39 is 0 Å². The maximum Gasteiger partial charge on any atom is 0.411 e. The third-order valence-corrected chi connectivity index (χ3v) is 2.74. The highest BCUT2D eigenvalue weighted by Crippen LogP contribution is 2.28. The summed E-state index contributed by atoms with van der Waals surface area (Å²) in [5.74, 6) is 0.692. The van der Waals surface area contributed by atoms with Crippen molar-refractivity contribution in [3.05, 3.63) is 22.9 Å². The fourth-order valence-corrected chi connectivity index (χ4v) is 2.11. The van der Waals surface area contributed by atoms with Crippen LogP contribution in [0.5, 0.6) is 0 Å². The molecular weight excluding hydrogens is 190 g/mol. The van der Waals surface area contributed by atoms with Crippen LogP contribution in [0.25, 0.3) is 0 Å². The predicted octanol–water partition coefficient (Wildman–Crippen LogP) is 2.75. The fourth-order valence-electron chi connectivity index (χ4n) is 2.11. The first-order valence-electron chi connectivity index (χ1n) is 5.50. The molecule has 0 atom stereocenters. The van der Waals surface area contributed by atoms with Crippen LogP contribution in [0.1, 0.15) is 33.1 Å². The molecule has 0 radical (unpaired) electrons. The molecule has 0 saturated carbocycles. The number of carbonyl (C=O) groups excluding carboxylic acids is 1. The lowest BCUT2D eigenvalue weighted by Crippen LogP contribution is -2.32. The summed E-state index contributed by atoms with van der Waals surface area (Å²) in [4.78, 5) is 11.0. The average molecular weight is 207 g/mol. The van der Waals surface area contributed by atoms with E-state index in [2.05, 4.69) is 25.2 Å². The number of ether oxygens (including phenoxy) is 1. The zero-order valence-corrected chi connectivity index (χ0v) is 9.30. The highest BCUT2D eigenvalue weighted by Gasteiger charge is 2.21. The molecule has 0 aromatic carbocycles. The van der Waals surface area contributed by atoms with Gasteiger partial charge in [-0.1, -0.05) is 25.5 Å². The first-order chi connectivity index (χ1) is 7.15. The van der Waals surface area contributed by atoms with Gasteiger partial charge in [-0.05, 0) is 25.2 Å². The largest absolute Gasteiger partial charge is 0.444 e. The van der Waals surface area contributed by atoms with Crippen LogP contribution in [-0.2, 0) is 4.74 Å². The summed E-state index contributed by atoms with van der Waals surface area (Å²) < 4.78 is 4.95. The SMILES string of the molecule is CC(C)CC1=CC2=C(CC1)NC(=O)OC2. The van der Waals surface area contributed by atoms with Crippen LogP contribution in [0, 0.1) is 5.92 Å². The Kier molecular flexibility index (Phi) is 2.80. The third-order valence-electron chi connectivity index (χ3n) is 2.74. The molecule has 82 valence electrons. The number of amides is 1. The number of rotatable bonds is 2. The zero-order valence-electron chi connectivity index (χ0n) is 9.30. The Morgan fingerprint density at radius 3 is 3.00 bits per heavy atom. The van der Waals surface area contributed by atoms with E-state index in [9.17, 15) is 4.79 Å². The second-order valence-corrected chi connectivity index (χ2v) is 4.61. The van der Waals surface area contributed by atoms with Crippen molar-refractivity contribution in [2.75, 3.05) is 6.61 Å². The molecule has 0 bridgehead atoms. The molecule has 0 aromatic rings. The van der Waals surface area contributed by atoms with Crippen molar-refractivity contribution in [2.45, 2.75) is 33.1 Å². The van der Waals surface area contributed by atoms with Crippen LogP contribution in [0.15, 0.2) is 22.9 Å². The van der Waals surface area contributed by atoms with E-state index in [4.69, 9.17) is 4.74 Å². The summed E-state index contributed by atoms with van der Waals surface area (Å²) in [7, 11) is 0. The van der Waals surface area contributed by atoms with Gasteiger partial charge in [-0.15, -0.1) is 0 Å². The maximum atomic E-state index is 11.0. The maximum absolute atomic E-state index is 11.0. The normalized spacial score (nSPS) is 20.7. The molecule has 0 saturated heterocycles. The summed E-state index contributed by atoms with van der Waals surface area (Å²) in [5.41, 5.74) is 3.68. The van der Waals surface area contributed by atoms with Crippen LogP contribution in [0.4, 0.5) is 4.79 Å². The Bertz CT molecular complexity index is 340. The van der Waals surface area contributed by atoms with Gasteiger partial charge in [-0.25, -0.2) is 4.79 Å². The molecule has 3 nitrogen and oxygen atoms in total. The zero-order chi connectivity index (χ0) is 10.8. The van der Waals surface area contributed by atoms with E-state index in [1.807, 2.05) is 0 Å². The van der Waals surface area contributed by atoms with Gasteiger partial charge in [-0.3, -0.25) is 5.32 Å². The smallest absolute Gasteiger partial charge is 0.411 e. The predicted molar refractivity (Wildman–Crippen MR) is 58.3 cm³/mol. The van der Waals surface area contributed by atoms with Gasteiger partial charge < -0.3 is 4.74 Å². The molecule has 1 aliphatic heterocycles. The number of cyclic esters (lactones) is 1. The Balaban J connectivity index is 2.12. The van der Waals surface area contributed by atoms with E-state index >= 15 is 0 Å². The fraction of sp³-hybridized carbons (Fsp3) is 0.583. The number of alkyl carbamates (subject to hydrolysis) is 1. The van der Waals surface area contributed by atoms with E-state index in [0.717, 1.165) is 30.5 Å². The lowest BCUT2D eigenvalue weighted by molar-refractivity contribution is 0.152. The third kappa shape index (κ3) is 2.41. The molecule has 0 spiro atoms. The molecular formula is C12H17NO2. The topological polar surface area (TPSA) is 38.3 Å². The van der Waals surface area contributed by atoms with Crippen LogP contribution in [0.2, 0.25) is 0 Å². The quantitative estimate of drug-likeness (QED) is 0.756. The van der Waals surface area contributed by atoms with Crippen molar-refractivity contribution in [3.8, 4) is 0 Å². The minimum Gasteiger partial charge on any atom is -0.444 e. The summed E-state index contributed by atoms with van der Waals surface area (Å²) in [6.45, 7) is 4.89. The second-order valence-electron chi connectivity index (χ2n) is 4.61. The molecule has 3 heteroatoms. The molecule has 1 heterocycles. The minimum atomic E-state index is -0.311. The summed E-state index contributed by atoms with van der Waals surface area (Å²) >= 11 is 0. The monoisotopic (exact) mass is 207 g/mol. The number of carbonyl (C=O) groups is 1. The van der Waals surface area contributed by atoms with Crippen molar-refractivity contribution in [2.24, 2.45) is 5.92 Å². The molecule has 2 aliphatic rings. The van der Waals surface area contributed by atoms with E-state index in [1.165, 1.54) is 5.57 Å². The van der Waals surface area contributed by atoms with Crippen molar-refractivity contribution in [1.29, 1.82) is 0 Å². The van der Waals surface area contributed by atoms with Crippen molar-refractivity contribution >= 4 is 6.09 Å². The van der Waals surface area contributed by atoms with Gasteiger partial charge in [0.05, 0.1) is 0 Å². The van der Waals surface area contributed by atoms with Gasteiger partial charge in [0.15, 0.2) is 0 Å². The molecule has 2 rings (SSSR count). The first-order valence-corrected chi connectivity index (χ1v) is 5.50. The highest BCUT2D eigenvalue weighted by molar-refractivity contribution is 5.72. The highest BCUT2D eigenvalue weighted by atomic mass is 16.5. The lowest BCUT2D eigenvalue weighted by atomic mass is 9.91. The molecule has 0 fully saturated rings. The molecule has 0 aromatic heterocycles. The van der Waals surface area contributed by atoms with E-state index in [1.54, 1.807) is 0 Å². The van der Waals surface area contributed by atoms with Crippen LogP contribution < -0.4 is 5.32 Å². The Morgan fingerprint density at radius 1 is 1.47 bits per heavy atom. The molecule has 0 unspecified atom stereocenters. The Labute approximate surface area is 90.2 Å². The number of hydrogen-bond acceptors (Lipinski definition) is 2. The molecule has 1 N–H and O–H groups in total. The van der Waals surface area contributed by atoms with Crippen LogP contribution in [-0.4, -0.2) is 12.7 Å². The molecule has 1 amide bonds. The van der Waals surface area contributed by atoms with Gasteiger partial charge in [0.1, 0.15) is 6.61 Å². The van der Waals surface area contributed by atoms with Gasteiger partial charge >= 0.3 is 6.09 Å². The first kappa shape index (κ1) is 10.3. The van der Waals surface area contributed by atoms with Gasteiger partial charge in [0.25, 0.3) is 0 Å². The van der Waals surface area contributed by atoms with Crippen LogP contribution >= 0.6 is 0 Å². The number of hydrogen-bond donors (Lipinski definition) is 1.